The molecule has 0 aromatic carbocycles. The maximum absolute atomic E-state index is 11.6. The van der Waals surface area contributed by atoms with Crippen LogP contribution in [0.25, 0.3) is 0 Å². The Morgan fingerprint density at radius 3 is 1.70 bits per heavy atom. The monoisotopic (exact) mass is 161 g/mol. The largest absolute Gasteiger partial charge is 0.443 e. The van der Waals surface area contributed by atoms with Crippen LogP contribution in [-0.2, 0) is 0 Å². The summed E-state index contributed by atoms with van der Waals surface area (Å²) in [4.78, 5) is 0. The fourth-order valence-electron chi connectivity index (χ4n) is 0.246. The van der Waals surface area contributed by atoms with E-state index in [-0.39, 0.29) is 0 Å². The molecule has 0 aromatic heterocycles. The van der Waals surface area contributed by atoms with Crippen molar-refractivity contribution in [1.29, 1.82) is 0 Å². The fourth-order valence-corrected chi connectivity index (χ4v) is 0.246. The van der Waals surface area contributed by atoms with Crippen LogP contribution in [-0.4, -0.2) is 40.3 Å². The molecule has 0 fully saturated rings. The van der Waals surface area contributed by atoms with Gasteiger partial charge in [0.25, 0.3) is 5.60 Å². The smallest absolute Gasteiger partial charge is 0.427 e. The zero-order valence-electron chi connectivity index (χ0n) is 4.94. The first-order valence-electron chi connectivity index (χ1n) is 2.42. The molecule has 6 heteroatoms. The number of alkyl halides is 3. The van der Waals surface area contributed by atoms with E-state index in [0.29, 0.717) is 0 Å². The van der Waals surface area contributed by atoms with Gasteiger partial charge in [0.05, 0.1) is 6.61 Å². The maximum Gasteiger partial charge on any atom is 0.427 e. The summed E-state index contributed by atoms with van der Waals surface area (Å²) in [5.41, 5.74) is -3.26. The van der Waals surface area contributed by atoms with Gasteiger partial charge in [0.2, 0.25) is 0 Å². The van der Waals surface area contributed by atoms with Crippen molar-refractivity contribution >= 4 is 0 Å². The average Bonchev–Trinajstić information content (AvgIpc) is 1.84. The lowest BCUT2D eigenvalue weighted by Gasteiger charge is -2.23. The van der Waals surface area contributed by atoms with Gasteiger partial charge in [0.15, 0.2) is 6.61 Å². The van der Waals surface area contributed by atoms with E-state index in [1.807, 2.05) is 0 Å². The quantitative estimate of drug-likeness (QED) is 0.510. The van der Waals surface area contributed by atoms with Gasteiger partial charge < -0.3 is 15.3 Å². The summed E-state index contributed by atoms with van der Waals surface area (Å²) in [5.74, 6) is 0. The van der Waals surface area contributed by atoms with Crippen LogP contribution in [0.4, 0.5) is 13.2 Å². The Labute approximate surface area is 54.7 Å². The van der Waals surface area contributed by atoms with Gasteiger partial charge in [-0.3, -0.25) is 0 Å². The highest BCUT2D eigenvalue weighted by molar-refractivity contribution is 4.84. The van der Waals surface area contributed by atoms with Crippen molar-refractivity contribution in [1.82, 2.24) is 0 Å². The number of hydrogen-bond donors (Lipinski definition) is 2. The van der Waals surface area contributed by atoms with Gasteiger partial charge in [0, 0.05) is 0 Å². The maximum atomic E-state index is 11.6. The van der Waals surface area contributed by atoms with Gasteiger partial charge >= 0.3 is 6.18 Å². The topological polar surface area (TPSA) is 63.4 Å². The standard InChI is InChI=1S/C4H7F3O3/c5-4(6,7)3(10,1-8)2-9/h8-10H,1-2H2/p+1. The third-order valence-electron chi connectivity index (χ3n) is 1.08. The molecule has 10 heavy (non-hydrogen) atoms. The molecule has 0 aromatic rings. The first-order valence-corrected chi connectivity index (χ1v) is 2.42. The predicted molar refractivity (Wildman–Crippen MR) is 26.6 cm³/mol. The van der Waals surface area contributed by atoms with Crippen molar-refractivity contribution in [3.63, 3.8) is 0 Å². The number of aliphatic hydroxyl groups is 2. The summed E-state index contributed by atoms with van der Waals surface area (Å²) in [5, 5.41) is 22.7. The van der Waals surface area contributed by atoms with E-state index in [9.17, 15) is 13.2 Å². The SMILES string of the molecule is OCC(O)(C[OH2+])C(F)(F)F. The molecule has 62 valence electrons. The number of halogens is 3. The van der Waals surface area contributed by atoms with Gasteiger partial charge in [-0.2, -0.15) is 13.2 Å². The first kappa shape index (κ1) is 9.67. The van der Waals surface area contributed by atoms with Crippen LogP contribution in [0.1, 0.15) is 0 Å². The van der Waals surface area contributed by atoms with Crippen molar-refractivity contribution in [2.45, 2.75) is 11.8 Å². The second kappa shape index (κ2) is 2.73. The number of rotatable bonds is 2. The van der Waals surface area contributed by atoms with Crippen molar-refractivity contribution in [3.8, 4) is 0 Å². The molecular formula is C4H8F3O3+. The number of aliphatic hydroxyl groups excluding tert-OH is 1. The summed E-state index contributed by atoms with van der Waals surface area (Å²) in [6.07, 6.45) is -4.93. The van der Waals surface area contributed by atoms with Crippen LogP contribution in [0.15, 0.2) is 0 Å². The van der Waals surface area contributed by atoms with Gasteiger partial charge in [0.1, 0.15) is 0 Å². The minimum Gasteiger partial charge on any atom is -0.443 e. The van der Waals surface area contributed by atoms with E-state index in [1.54, 1.807) is 0 Å². The Hall–Kier alpha value is -0.330. The highest BCUT2D eigenvalue weighted by Gasteiger charge is 2.55. The first-order chi connectivity index (χ1) is 4.37. The average molecular weight is 161 g/mol. The van der Waals surface area contributed by atoms with Crippen LogP contribution in [0.2, 0.25) is 0 Å². The molecule has 4 N–H and O–H groups in total. The Morgan fingerprint density at radius 1 is 1.30 bits per heavy atom. The molecule has 0 spiro atoms. The zero-order valence-corrected chi connectivity index (χ0v) is 4.94. The fraction of sp³-hybridized carbons (Fsp3) is 1.00. The summed E-state index contributed by atoms with van der Waals surface area (Å²) in [7, 11) is 0. The zero-order chi connectivity index (χ0) is 8.41. The Morgan fingerprint density at radius 2 is 1.70 bits per heavy atom. The molecule has 0 amide bonds. The van der Waals surface area contributed by atoms with Gasteiger partial charge in [-0.15, -0.1) is 0 Å². The molecule has 1 atom stereocenters. The summed E-state index contributed by atoms with van der Waals surface area (Å²) >= 11 is 0. The summed E-state index contributed by atoms with van der Waals surface area (Å²) < 4.78 is 34.7. The molecule has 0 radical (unpaired) electrons. The van der Waals surface area contributed by atoms with Crippen molar-refractivity contribution in [2.75, 3.05) is 13.2 Å². The minimum atomic E-state index is -4.93. The normalized spacial score (nSPS) is 18.6. The molecule has 0 saturated heterocycles. The number of hydrogen-bond acceptors (Lipinski definition) is 2. The molecular weight excluding hydrogens is 153 g/mol. The highest BCUT2D eigenvalue weighted by Crippen LogP contribution is 2.29. The Kier molecular flexibility index (Phi) is 2.64. The van der Waals surface area contributed by atoms with Crippen LogP contribution in [0.3, 0.4) is 0 Å². The molecule has 3 nitrogen and oxygen atoms in total. The Bertz CT molecular complexity index is 107. The predicted octanol–water partition coefficient (Wildman–Crippen LogP) is -1.00. The third-order valence-corrected chi connectivity index (χ3v) is 1.08. The van der Waals surface area contributed by atoms with Crippen LogP contribution in [0.5, 0.6) is 0 Å². The Balaban J connectivity index is 4.33. The molecule has 0 rings (SSSR count). The second-order valence-electron chi connectivity index (χ2n) is 1.86. The van der Waals surface area contributed by atoms with E-state index in [4.69, 9.17) is 15.3 Å². The van der Waals surface area contributed by atoms with E-state index < -0.39 is 25.0 Å². The third kappa shape index (κ3) is 1.59. The molecule has 0 heterocycles. The van der Waals surface area contributed by atoms with Gasteiger partial charge in [-0.25, -0.2) is 0 Å². The minimum absolute atomic E-state index is 1.28. The van der Waals surface area contributed by atoms with Crippen LogP contribution < -0.4 is 0 Å². The highest BCUT2D eigenvalue weighted by atomic mass is 19.4. The van der Waals surface area contributed by atoms with E-state index >= 15 is 0 Å². The van der Waals surface area contributed by atoms with Crippen molar-refractivity contribution in [3.05, 3.63) is 0 Å². The van der Waals surface area contributed by atoms with Crippen molar-refractivity contribution in [2.24, 2.45) is 0 Å². The summed E-state index contributed by atoms with van der Waals surface area (Å²) in [6.45, 7) is -2.76. The molecule has 0 aliphatic carbocycles. The lowest BCUT2D eigenvalue weighted by Crippen LogP contribution is -2.51. The molecule has 0 aliphatic rings. The molecule has 0 saturated carbocycles. The van der Waals surface area contributed by atoms with E-state index in [1.165, 1.54) is 0 Å². The van der Waals surface area contributed by atoms with E-state index in [0.717, 1.165) is 0 Å². The van der Waals surface area contributed by atoms with Gasteiger partial charge in [-0.05, 0) is 0 Å². The molecule has 0 aliphatic heterocycles. The molecule has 0 bridgehead atoms. The molecule has 1 unspecified atom stereocenters. The van der Waals surface area contributed by atoms with Crippen LogP contribution >= 0.6 is 0 Å². The second-order valence-corrected chi connectivity index (χ2v) is 1.86. The summed E-state index contributed by atoms with van der Waals surface area (Å²) in [6, 6.07) is 0. The van der Waals surface area contributed by atoms with Crippen LogP contribution in [0, 0.1) is 0 Å². The van der Waals surface area contributed by atoms with Crippen molar-refractivity contribution < 1.29 is 28.5 Å². The van der Waals surface area contributed by atoms with Gasteiger partial charge in [-0.1, -0.05) is 0 Å². The lowest BCUT2D eigenvalue weighted by atomic mass is 10.1. The lowest BCUT2D eigenvalue weighted by molar-refractivity contribution is -0.281. The van der Waals surface area contributed by atoms with E-state index in [2.05, 4.69) is 0 Å².